The third-order valence-corrected chi connectivity index (χ3v) is 7.04. The van der Waals surface area contributed by atoms with E-state index in [4.69, 9.17) is 23.2 Å². The number of nitrogens with one attached hydrogen (secondary N) is 1. The van der Waals surface area contributed by atoms with Crippen LogP contribution in [0.15, 0.2) is 46.9 Å². The number of halogens is 3. The van der Waals surface area contributed by atoms with Gasteiger partial charge >= 0.3 is 0 Å². The van der Waals surface area contributed by atoms with Gasteiger partial charge in [0.05, 0.1) is 5.75 Å². The minimum absolute atomic E-state index is 0.0396. The topological polar surface area (TPSA) is 49.4 Å². The van der Waals surface area contributed by atoms with E-state index < -0.39 is 6.04 Å². The number of carbonyl (C=O) groups excluding carboxylic acids is 2. The molecule has 31 heavy (non-hydrogen) atoms. The van der Waals surface area contributed by atoms with Crippen molar-refractivity contribution in [2.75, 3.05) is 5.75 Å². The Morgan fingerprint density at radius 1 is 1.13 bits per heavy atom. The summed E-state index contributed by atoms with van der Waals surface area (Å²) in [5.74, 6) is 0.690. The Bertz CT molecular complexity index is 896. The summed E-state index contributed by atoms with van der Waals surface area (Å²) in [5.41, 5.74) is 1.89. The quantitative estimate of drug-likeness (QED) is 0.380. The standard InChI is InChI=1S/C23H27BrCl2N2O2S/c1-4-15(2)27-23(30)16(3)28(12-18-7-10-20(25)11-21(18)26)22(29)14-31-13-17-5-8-19(24)9-6-17/h5-11,15-16H,4,12-14H2,1-3H3,(H,27,30)/t15-,16-/m0/s1. The van der Waals surface area contributed by atoms with Crippen LogP contribution in [0.5, 0.6) is 0 Å². The summed E-state index contributed by atoms with van der Waals surface area (Å²) in [6, 6.07) is 12.6. The van der Waals surface area contributed by atoms with Crippen LogP contribution in [0.3, 0.4) is 0 Å². The first-order chi connectivity index (χ1) is 14.7. The number of amides is 2. The van der Waals surface area contributed by atoms with Gasteiger partial charge in [0.2, 0.25) is 11.8 Å². The highest BCUT2D eigenvalue weighted by Gasteiger charge is 2.27. The molecule has 2 amide bonds. The number of benzene rings is 2. The summed E-state index contributed by atoms with van der Waals surface area (Å²) in [5, 5.41) is 3.96. The number of hydrogen-bond donors (Lipinski definition) is 1. The first-order valence-electron chi connectivity index (χ1n) is 10.1. The number of hydrogen-bond acceptors (Lipinski definition) is 3. The Morgan fingerprint density at radius 2 is 1.81 bits per heavy atom. The monoisotopic (exact) mass is 544 g/mol. The molecule has 0 aliphatic carbocycles. The number of rotatable bonds is 10. The SMILES string of the molecule is CC[C@H](C)NC(=O)[C@H](C)N(Cc1ccc(Cl)cc1Cl)C(=O)CSCc1ccc(Br)cc1. The van der Waals surface area contributed by atoms with Crippen molar-refractivity contribution in [3.63, 3.8) is 0 Å². The van der Waals surface area contributed by atoms with Crippen molar-refractivity contribution in [3.05, 3.63) is 68.1 Å². The van der Waals surface area contributed by atoms with Crippen LogP contribution >= 0.6 is 50.9 Å². The van der Waals surface area contributed by atoms with Crippen molar-refractivity contribution in [1.82, 2.24) is 10.2 Å². The van der Waals surface area contributed by atoms with Crippen LogP contribution in [-0.2, 0) is 21.9 Å². The average molecular weight is 546 g/mol. The predicted octanol–water partition coefficient (Wildman–Crippen LogP) is 6.32. The maximum atomic E-state index is 13.1. The van der Waals surface area contributed by atoms with Crippen LogP contribution in [-0.4, -0.2) is 34.6 Å². The molecule has 0 aliphatic heterocycles. The molecule has 2 rings (SSSR count). The highest BCUT2D eigenvalue weighted by atomic mass is 79.9. The van der Waals surface area contributed by atoms with E-state index in [-0.39, 0.29) is 30.2 Å². The third-order valence-electron chi connectivity index (χ3n) is 4.93. The molecule has 0 aromatic heterocycles. The second-order valence-corrected chi connectivity index (χ2v) is 10.1. The van der Waals surface area contributed by atoms with Gasteiger partial charge in [0.1, 0.15) is 6.04 Å². The Hall–Kier alpha value is -1.21. The predicted molar refractivity (Wildman–Crippen MR) is 135 cm³/mol. The number of thioether (sulfide) groups is 1. The maximum Gasteiger partial charge on any atom is 0.242 e. The maximum absolute atomic E-state index is 13.1. The van der Waals surface area contributed by atoms with Crippen molar-refractivity contribution >= 4 is 62.7 Å². The fraction of sp³-hybridized carbons (Fsp3) is 0.391. The fourth-order valence-corrected chi connectivity index (χ4v) is 4.40. The number of nitrogens with zero attached hydrogens (tertiary/aromatic N) is 1. The van der Waals surface area contributed by atoms with E-state index in [1.54, 1.807) is 30.0 Å². The second-order valence-electron chi connectivity index (χ2n) is 7.37. The zero-order chi connectivity index (χ0) is 23.0. The van der Waals surface area contributed by atoms with Gasteiger partial charge in [-0.1, -0.05) is 64.3 Å². The molecule has 0 spiro atoms. The van der Waals surface area contributed by atoms with Crippen molar-refractivity contribution in [2.24, 2.45) is 0 Å². The Balaban J connectivity index is 2.11. The largest absolute Gasteiger partial charge is 0.352 e. The minimum Gasteiger partial charge on any atom is -0.352 e. The molecule has 0 fully saturated rings. The van der Waals surface area contributed by atoms with Gasteiger partial charge in [0.25, 0.3) is 0 Å². The van der Waals surface area contributed by atoms with E-state index in [0.29, 0.717) is 15.8 Å². The molecule has 0 aliphatic rings. The van der Waals surface area contributed by atoms with Gasteiger partial charge < -0.3 is 10.2 Å². The molecule has 0 unspecified atom stereocenters. The van der Waals surface area contributed by atoms with Crippen molar-refractivity contribution in [2.45, 2.75) is 51.6 Å². The van der Waals surface area contributed by atoms with Crippen LogP contribution in [0.25, 0.3) is 0 Å². The van der Waals surface area contributed by atoms with Gasteiger partial charge in [0, 0.05) is 32.9 Å². The molecule has 8 heteroatoms. The molecular formula is C23H27BrCl2N2O2S. The van der Waals surface area contributed by atoms with E-state index in [0.717, 1.165) is 22.0 Å². The lowest BCUT2D eigenvalue weighted by Gasteiger charge is -2.30. The number of carbonyl (C=O) groups is 2. The molecule has 0 saturated carbocycles. The van der Waals surface area contributed by atoms with Crippen LogP contribution in [0, 0.1) is 0 Å². The molecule has 1 N–H and O–H groups in total. The van der Waals surface area contributed by atoms with Crippen LogP contribution in [0.2, 0.25) is 10.0 Å². The van der Waals surface area contributed by atoms with E-state index in [1.165, 1.54) is 11.8 Å². The van der Waals surface area contributed by atoms with Crippen LogP contribution in [0.1, 0.15) is 38.3 Å². The fourth-order valence-electron chi connectivity index (χ4n) is 2.80. The smallest absolute Gasteiger partial charge is 0.242 e. The summed E-state index contributed by atoms with van der Waals surface area (Å²) < 4.78 is 1.02. The minimum atomic E-state index is -0.624. The summed E-state index contributed by atoms with van der Waals surface area (Å²) in [6.07, 6.45) is 0.818. The van der Waals surface area contributed by atoms with Crippen LogP contribution < -0.4 is 5.32 Å². The van der Waals surface area contributed by atoms with E-state index >= 15 is 0 Å². The van der Waals surface area contributed by atoms with Gasteiger partial charge in [-0.3, -0.25) is 9.59 Å². The highest BCUT2D eigenvalue weighted by Crippen LogP contribution is 2.24. The highest BCUT2D eigenvalue weighted by molar-refractivity contribution is 9.10. The molecule has 0 saturated heterocycles. The van der Waals surface area contributed by atoms with Gasteiger partial charge in [0.15, 0.2) is 0 Å². The molecule has 0 heterocycles. The first-order valence-corrected chi connectivity index (χ1v) is 12.8. The Labute approximate surface area is 207 Å². The van der Waals surface area contributed by atoms with Gasteiger partial charge in [-0.05, 0) is 55.7 Å². The summed E-state index contributed by atoms with van der Waals surface area (Å²) >= 11 is 17.3. The van der Waals surface area contributed by atoms with E-state index in [1.807, 2.05) is 38.1 Å². The summed E-state index contributed by atoms with van der Waals surface area (Å²) in [6.45, 7) is 5.94. The van der Waals surface area contributed by atoms with E-state index in [9.17, 15) is 9.59 Å². The lowest BCUT2D eigenvalue weighted by atomic mass is 10.1. The second kappa shape index (κ2) is 12.7. The average Bonchev–Trinajstić information content (AvgIpc) is 2.73. The van der Waals surface area contributed by atoms with Gasteiger partial charge in [-0.25, -0.2) is 0 Å². The Kier molecular flexibility index (Phi) is 10.7. The zero-order valence-corrected chi connectivity index (χ0v) is 21.7. The van der Waals surface area contributed by atoms with Crippen LogP contribution in [0.4, 0.5) is 0 Å². The molecule has 2 aromatic carbocycles. The molecule has 168 valence electrons. The summed E-state index contributed by atoms with van der Waals surface area (Å²) in [4.78, 5) is 27.4. The van der Waals surface area contributed by atoms with Gasteiger partial charge in [-0.15, -0.1) is 11.8 Å². The van der Waals surface area contributed by atoms with Crippen molar-refractivity contribution in [3.8, 4) is 0 Å². The molecular weight excluding hydrogens is 519 g/mol. The molecule has 2 aromatic rings. The normalized spacial score (nSPS) is 12.8. The summed E-state index contributed by atoms with van der Waals surface area (Å²) in [7, 11) is 0. The van der Waals surface area contributed by atoms with Crippen molar-refractivity contribution in [1.29, 1.82) is 0 Å². The van der Waals surface area contributed by atoms with Gasteiger partial charge in [-0.2, -0.15) is 0 Å². The lowest BCUT2D eigenvalue weighted by Crippen LogP contribution is -2.50. The lowest BCUT2D eigenvalue weighted by molar-refractivity contribution is -0.138. The zero-order valence-electron chi connectivity index (χ0n) is 17.8. The van der Waals surface area contributed by atoms with Crippen molar-refractivity contribution < 1.29 is 9.59 Å². The Morgan fingerprint density at radius 3 is 2.42 bits per heavy atom. The third kappa shape index (κ3) is 8.33. The van der Waals surface area contributed by atoms with E-state index in [2.05, 4.69) is 21.2 Å². The first kappa shape index (κ1) is 26.0. The molecule has 2 atom stereocenters. The molecule has 4 nitrogen and oxygen atoms in total. The molecule has 0 radical (unpaired) electrons. The molecule has 0 bridgehead atoms.